The minimum absolute atomic E-state index is 0.0244. The van der Waals surface area contributed by atoms with Crippen molar-refractivity contribution in [3.63, 3.8) is 0 Å². The van der Waals surface area contributed by atoms with Gasteiger partial charge in [-0.15, -0.1) is 0 Å². The van der Waals surface area contributed by atoms with Crippen LogP contribution in [0.4, 0.5) is 8.78 Å². The molecule has 0 bridgehead atoms. The summed E-state index contributed by atoms with van der Waals surface area (Å²) in [7, 11) is 0. The molecular weight excluding hydrogens is 240 g/mol. The van der Waals surface area contributed by atoms with Crippen molar-refractivity contribution in [3.05, 3.63) is 23.3 Å². The molecule has 0 atom stereocenters. The molecule has 0 aromatic heterocycles. The van der Waals surface area contributed by atoms with E-state index in [1.54, 1.807) is 6.07 Å². The second-order valence-corrected chi connectivity index (χ2v) is 4.96. The number of alkyl halides is 2. The molecule has 1 aliphatic heterocycles. The van der Waals surface area contributed by atoms with Crippen molar-refractivity contribution in [1.82, 2.24) is 0 Å². The average Bonchev–Trinajstić information content (AvgIpc) is 2.95. The van der Waals surface area contributed by atoms with E-state index in [9.17, 15) is 8.78 Å². The van der Waals surface area contributed by atoms with Gasteiger partial charge in [0, 0.05) is 11.1 Å². The first-order valence-electron chi connectivity index (χ1n) is 6.11. The Morgan fingerprint density at radius 1 is 1.11 bits per heavy atom. The van der Waals surface area contributed by atoms with E-state index in [1.165, 1.54) is 6.07 Å². The fourth-order valence-electron chi connectivity index (χ4n) is 2.84. The smallest absolute Gasteiger partial charge is 0.264 e. The van der Waals surface area contributed by atoms with E-state index in [4.69, 9.17) is 15.2 Å². The van der Waals surface area contributed by atoms with E-state index in [0.717, 1.165) is 25.7 Å². The van der Waals surface area contributed by atoms with E-state index in [1.807, 2.05) is 0 Å². The summed E-state index contributed by atoms with van der Waals surface area (Å²) in [5, 5.41) is 0. The van der Waals surface area contributed by atoms with Crippen molar-refractivity contribution in [2.45, 2.75) is 37.6 Å². The third-order valence-corrected chi connectivity index (χ3v) is 3.81. The van der Waals surface area contributed by atoms with Gasteiger partial charge < -0.3 is 15.2 Å². The molecule has 5 heteroatoms. The number of hydrogen-bond acceptors (Lipinski definition) is 3. The number of hydrogen-bond donors (Lipinski definition) is 1. The fourth-order valence-corrected chi connectivity index (χ4v) is 2.84. The molecule has 1 aromatic carbocycles. The second-order valence-electron chi connectivity index (χ2n) is 4.96. The van der Waals surface area contributed by atoms with Gasteiger partial charge in [0.05, 0.1) is 0 Å². The molecule has 0 amide bonds. The number of ether oxygens (including phenoxy) is 2. The zero-order valence-corrected chi connectivity index (χ0v) is 9.92. The molecule has 3 nitrogen and oxygen atoms in total. The highest BCUT2D eigenvalue weighted by atomic mass is 19.3. The average molecular weight is 255 g/mol. The Bertz CT molecular complexity index is 470. The van der Waals surface area contributed by atoms with Gasteiger partial charge in [-0.05, 0) is 30.5 Å². The van der Waals surface area contributed by atoms with Gasteiger partial charge in [0.25, 0.3) is 6.43 Å². The van der Waals surface area contributed by atoms with Crippen LogP contribution in [0, 0.1) is 0 Å². The van der Waals surface area contributed by atoms with Gasteiger partial charge in [0.1, 0.15) is 0 Å². The molecule has 1 saturated carbocycles. The third-order valence-electron chi connectivity index (χ3n) is 3.81. The van der Waals surface area contributed by atoms with Crippen LogP contribution in [0.15, 0.2) is 12.1 Å². The maximum atomic E-state index is 13.2. The van der Waals surface area contributed by atoms with E-state index in [0.29, 0.717) is 17.1 Å². The zero-order valence-electron chi connectivity index (χ0n) is 9.92. The van der Waals surface area contributed by atoms with Crippen molar-refractivity contribution in [3.8, 4) is 11.5 Å². The van der Waals surface area contributed by atoms with Crippen LogP contribution in [-0.4, -0.2) is 6.79 Å². The van der Waals surface area contributed by atoms with Crippen molar-refractivity contribution >= 4 is 0 Å². The molecule has 2 aliphatic rings. The highest BCUT2D eigenvalue weighted by Crippen LogP contribution is 2.45. The Morgan fingerprint density at radius 3 is 2.33 bits per heavy atom. The maximum Gasteiger partial charge on any atom is 0.264 e. The van der Waals surface area contributed by atoms with Crippen LogP contribution in [0.1, 0.15) is 43.2 Å². The lowest BCUT2D eigenvalue weighted by Crippen LogP contribution is -2.34. The molecule has 18 heavy (non-hydrogen) atoms. The highest BCUT2D eigenvalue weighted by molar-refractivity contribution is 5.51. The number of rotatable bonds is 2. The third kappa shape index (κ3) is 1.73. The van der Waals surface area contributed by atoms with E-state index >= 15 is 0 Å². The van der Waals surface area contributed by atoms with Gasteiger partial charge in [-0.1, -0.05) is 12.8 Å². The zero-order chi connectivity index (χ0) is 12.8. The summed E-state index contributed by atoms with van der Waals surface area (Å²) in [5.74, 6) is 0.904. The summed E-state index contributed by atoms with van der Waals surface area (Å²) >= 11 is 0. The molecule has 0 unspecified atom stereocenters. The van der Waals surface area contributed by atoms with Crippen LogP contribution >= 0.6 is 0 Å². The van der Waals surface area contributed by atoms with Gasteiger partial charge in [-0.3, -0.25) is 0 Å². The lowest BCUT2D eigenvalue weighted by atomic mass is 9.85. The van der Waals surface area contributed by atoms with E-state index in [2.05, 4.69) is 0 Å². The number of benzene rings is 1. The van der Waals surface area contributed by atoms with Crippen LogP contribution in [-0.2, 0) is 5.54 Å². The van der Waals surface area contributed by atoms with E-state index in [-0.39, 0.29) is 12.4 Å². The molecule has 1 heterocycles. The minimum atomic E-state index is -2.55. The van der Waals surface area contributed by atoms with Crippen molar-refractivity contribution < 1.29 is 18.3 Å². The predicted molar refractivity (Wildman–Crippen MR) is 61.9 cm³/mol. The lowest BCUT2D eigenvalue weighted by molar-refractivity contribution is 0.147. The Kier molecular flexibility index (Phi) is 2.66. The fraction of sp³-hybridized carbons (Fsp3) is 0.538. The molecule has 1 aliphatic carbocycles. The van der Waals surface area contributed by atoms with Crippen LogP contribution in [0.3, 0.4) is 0 Å². The molecular formula is C13H15F2NO2. The maximum absolute atomic E-state index is 13.2. The van der Waals surface area contributed by atoms with Gasteiger partial charge in [0.2, 0.25) is 6.79 Å². The van der Waals surface area contributed by atoms with Crippen LogP contribution < -0.4 is 15.2 Å². The minimum Gasteiger partial charge on any atom is -0.454 e. The first-order chi connectivity index (χ1) is 8.60. The first-order valence-corrected chi connectivity index (χ1v) is 6.11. The highest BCUT2D eigenvalue weighted by Gasteiger charge is 2.36. The largest absolute Gasteiger partial charge is 0.454 e. The summed E-state index contributed by atoms with van der Waals surface area (Å²) in [6, 6.07) is 3.00. The summed E-state index contributed by atoms with van der Waals surface area (Å²) in [6.45, 7) is 0.0824. The summed E-state index contributed by atoms with van der Waals surface area (Å²) in [6.07, 6.45) is 0.899. The first kappa shape index (κ1) is 11.7. The topological polar surface area (TPSA) is 44.5 Å². The molecule has 0 spiro atoms. The summed E-state index contributed by atoms with van der Waals surface area (Å²) in [4.78, 5) is 0. The summed E-state index contributed by atoms with van der Waals surface area (Å²) in [5.41, 5.74) is 6.13. The second kappa shape index (κ2) is 4.09. The molecule has 98 valence electrons. The Morgan fingerprint density at radius 2 is 1.72 bits per heavy atom. The molecule has 2 N–H and O–H groups in total. The molecule has 0 saturated heterocycles. The summed E-state index contributed by atoms with van der Waals surface area (Å²) < 4.78 is 36.7. The SMILES string of the molecule is NC1(c2cc3c(cc2C(F)F)OCO3)CCCC1. The quantitative estimate of drug-likeness (QED) is 0.883. The molecule has 1 fully saturated rings. The number of nitrogens with two attached hydrogens (primary N) is 1. The molecule has 1 aromatic rings. The van der Waals surface area contributed by atoms with Gasteiger partial charge in [-0.2, -0.15) is 0 Å². The van der Waals surface area contributed by atoms with Crippen LogP contribution in [0.5, 0.6) is 11.5 Å². The number of fused-ring (bicyclic) bond motifs is 1. The normalized spacial score (nSPS) is 20.7. The molecule has 3 rings (SSSR count). The monoisotopic (exact) mass is 255 g/mol. The Hall–Kier alpha value is -1.36. The standard InChI is InChI=1S/C13H15F2NO2/c14-12(15)8-5-10-11(18-7-17-10)6-9(8)13(16)3-1-2-4-13/h5-6,12H,1-4,7,16H2. The van der Waals surface area contributed by atoms with Gasteiger partial charge in [0.15, 0.2) is 11.5 Å². The van der Waals surface area contributed by atoms with Crippen LogP contribution in [0.25, 0.3) is 0 Å². The molecule has 0 radical (unpaired) electrons. The Labute approximate surface area is 104 Å². The van der Waals surface area contributed by atoms with E-state index < -0.39 is 12.0 Å². The predicted octanol–water partition coefficient (Wildman–Crippen LogP) is 3.08. The lowest BCUT2D eigenvalue weighted by Gasteiger charge is -2.27. The van der Waals surface area contributed by atoms with Gasteiger partial charge in [-0.25, -0.2) is 8.78 Å². The van der Waals surface area contributed by atoms with Crippen LogP contribution in [0.2, 0.25) is 0 Å². The Balaban J connectivity index is 2.12. The van der Waals surface area contributed by atoms with Crippen molar-refractivity contribution in [1.29, 1.82) is 0 Å². The van der Waals surface area contributed by atoms with Gasteiger partial charge >= 0.3 is 0 Å². The van der Waals surface area contributed by atoms with Crippen molar-refractivity contribution in [2.24, 2.45) is 5.73 Å². The van der Waals surface area contributed by atoms with Crippen molar-refractivity contribution in [2.75, 3.05) is 6.79 Å². The number of halogens is 2.